The maximum Gasteiger partial charge on any atom is 0.255 e. The summed E-state index contributed by atoms with van der Waals surface area (Å²) in [5.41, 5.74) is 6.21. The molecule has 3 fully saturated rings. The zero-order valence-electron chi connectivity index (χ0n) is 30.8. The molecule has 5 aliphatic heterocycles. The number of halogens is 1. The molecule has 9 rings (SSSR count). The predicted octanol–water partition coefficient (Wildman–Crippen LogP) is 5.64. The lowest BCUT2D eigenvalue weighted by molar-refractivity contribution is -0.136. The van der Waals surface area contributed by atoms with E-state index in [1.807, 2.05) is 42.5 Å². The fourth-order valence-corrected chi connectivity index (χ4v) is 9.42. The summed E-state index contributed by atoms with van der Waals surface area (Å²) in [6, 6.07) is 26.4. The molecular weight excluding hydrogens is 698 g/mol. The molecule has 0 bridgehead atoms. The van der Waals surface area contributed by atoms with E-state index in [4.69, 9.17) is 4.74 Å². The van der Waals surface area contributed by atoms with E-state index < -0.39 is 6.04 Å². The molecule has 0 radical (unpaired) electrons. The molecule has 3 amide bonds. The Morgan fingerprint density at radius 1 is 0.782 bits per heavy atom. The average molecular weight is 744 g/mol. The summed E-state index contributed by atoms with van der Waals surface area (Å²) in [6.45, 7) is 7.34. The van der Waals surface area contributed by atoms with Crippen LogP contribution in [0.4, 0.5) is 15.8 Å². The number of carbonyl (C=O) groups is 3. The van der Waals surface area contributed by atoms with Crippen molar-refractivity contribution in [2.75, 3.05) is 62.2 Å². The van der Waals surface area contributed by atoms with Crippen LogP contribution in [0.5, 0.6) is 11.5 Å². The molecular formula is C44H46FN5O5. The van der Waals surface area contributed by atoms with Crippen molar-refractivity contribution in [3.63, 3.8) is 0 Å². The van der Waals surface area contributed by atoms with Crippen LogP contribution in [0.25, 0.3) is 0 Å². The molecule has 0 saturated carbocycles. The molecule has 284 valence electrons. The number of piperidine rings is 2. The first-order valence-electron chi connectivity index (χ1n) is 19.6. The van der Waals surface area contributed by atoms with Gasteiger partial charge in [0.2, 0.25) is 11.8 Å². The van der Waals surface area contributed by atoms with Crippen molar-refractivity contribution in [2.45, 2.75) is 50.1 Å². The summed E-state index contributed by atoms with van der Waals surface area (Å²) < 4.78 is 22.3. The van der Waals surface area contributed by atoms with E-state index in [0.717, 1.165) is 86.7 Å². The molecule has 5 aliphatic rings. The predicted molar refractivity (Wildman–Crippen MR) is 207 cm³/mol. The van der Waals surface area contributed by atoms with Gasteiger partial charge in [0.1, 0.15) is 23.4 Å². The van der Waals surface area contributed by atoms with Gasteiger partial charge >= 0.3 is 0 Å². The number of hydrogen-bond acceptors (Lipinski definition) is 8. The molecule has 0 aromatic heterocycles. The first kappa shape index (κ1) is 35.3. The standard InChI is InChI=1S/C44H46FN5O5/c45-38-23-32(7-10-35(38)42-36-11-8-33(51)24-40(36)55-27-37(42)29-4-2-1-3-5-29)48-16-14-28(15-17-48)25-47-18-20-49(21-19-47)31-6-9-34-30(22-31)26-50(44(34)54)39-12-13-41(52)46-43(39)53/h1-11,22-24,28,37,39,42,51H,12-21,25-27H2,(H,46,52,53)/t37-,39+,42-/m1/s1. The molecule has 11 heteroatoms. The van der Waals surface area contributed by atoms with Crippen LogP contribution < -0.4 is 19.9 Å². The van der Waals surface area contributed by atoms with Gasteiger partial charge in [-0.05, 0) is 78.3 Å². The number of piperazine rings is 1. The number of nitrogens with one attached hydrogen (secondary N) is 1. The van der Waals surface area contributed by atoms with Crippen molar-refractivity contribution in [2.24, 2.45) is 5.92 Å². The fourth-order valence-electron chi connectivity index (χ4n) is 9.42. The number of ether oxygens (including phenoxy) is 1. The average Bonchev–Trinajstić information content (AvgIpc) is 3.53. The van der Waals surface area contributed by atoms with Crippen LogP contribution in [-0.4, -0.2) is 91.1 Å². The van der Waals surface area contributed by atoms with Gasteiger partial charge in [-0.3, -0.25) is 24.6 Å². The number of anilines is 2. The largest absolute Gasteiger partial charge is 0.508 e. The van der Waals surface area contributed by atoms with Crippen LogP contribution in [0.3, 0.4) is 0 Å². The molecule has 0 aliphatic carbocycles. The maximum atomic E-state index is 16.2. The van der Waals surface area contributed by atoms with E-state index in [1.165, 1.54) is 0 Å². The van der Waals surface area contributed by atoms with Crippen molar-refractivity contribution < 1.29 is 28.6 Å². The van der Waals surface area contributed by atoms with Crippen molar-refractivity contribution in [1.29, 1.82) is 0 Å². The zero-order valence-corrected chi connectivity index (χ0v) is 30.8. The molecule has 55 heavy (non-hydrogen) atoms. The maximum absolute atomic E-state index is 16.2. The number of benzene rings is 4. The summed E-state index contributed by atoms with van der Waals surface area (Å²) in [7, 11) is 0. The Hall–Kier alpha value is -5.42. The Kier molecular flexibility index (Phi) is 9.41. The Morgan fingerprint density at radius 3 is 2.27 bits per heavy atom. The minimum atomic E-state index is -0.607. The van der Waals surface area contributed by atoms with Crippen LogP contribution in [0.1, 0.15) is 70.1 Å². The molecule has 3 atom stereocenters. The lowest BCUT2D eigenvalue weighted by Crippen LogP contribution is -2.52. The summed E-state index contributed by atoms with van der Waals surface area (Å²) >= 11 is 0. The minimum absolute atomic E-state index is 0.0619. The van der Waals surface area contributed by atoms with Gasteiger partial charge in [-0.15, -0.1) is 0 Å². The minimum Gasteiger partial charge on any atom is -0.508 e. The Balaban J connectivity index is 0.794. The van der Waals surface area contributed by atoms with E-state index in [0.29, 0.717) is 42.4 Å². The number of amides is 3. The monoisotopic (exact) mass is 743 g/mol. The summed E-state index contributed by atoms with van der Waals surface area (Å²) in [5, 5.41) is 12.5. The lowest BCUT2D eigenvalue weighted by atomic mass is 9.75. The van der Waals surface area contributed by atoms with Gasteiger partial charge in [0.25, 0.3) is 5.91 Å². The first-order chi connectivity index (χ1) is 26.8. The van der Waals surface area contributed by atoms with Gasteiger partial charge < -0.3 is 24.5 Å². The number of imide groups is 1. The second-order valence-electron chi connectivity index (χ2n) is 15.7. The van der Waals surface area contributed by atoms with Crippen LogP contribution in [0.15, 0.2) is 84.9 Å². The number of rotatable bonds is 7. The van der Waals surface area contributed by atoms with Gasteiger partial charge in [-0.1, -0.05) is 42.5 Å². The molecule has 2 N–H and O–H groups in total. The second-order valence-corrected chi connectivity index (χ2v) is 15.7. The fraction of sp³-hybridized carbons (Fsp3) is 0.386. The van der Waals surface area contributed by atoms with Crippen LogP contribution in [0.2, 0.25) is 0 Å². The lowest BCUT2D eigenvalue weighted by Gasteiger charge is -2.40. The van der Waals surface area contributed by atoms with Crippen molar-refractivity contribution >= 4 is 29.1 Å². The van der Waals surface area contributed by atoms with Crippen molar-refractivity contribution in [3.8, 4) is 11.5 Å². The number of fused-ring (bicyclic) bond motifs is 2. The summed E-state index contributed by atoms with van der Waals surface area (Å²) in [4.78, 5) is 46.1. The molecule has 3 saturated heterocycles. The second kappa shape index (κ2) is 14.7. The first-order valence-corrected chi connectivity index (χ1v) is 19.6. The smallest absolute Gasteiger partial charge is 0.255 e. The van der Waals surface area contributed by atoms with Gasteiger partial charge in [-0.25, -0.2) is 4.39 Å². The normalized spacial score (nSPS) is 23.3. The molecule has 4 aromatic carbocycles. The quantitative estimate of drug-likeness (QED) is 0.235. The topological polar surface area (TPSA) is 106 Å². The molecule has 4 aromatic rings. The highest BCUT2D eigenvalue weighted by Crippen LogP contribution is 2.48. The van der Waals surface area contributed by atoms with Crippen LogP contribution in [0, 0.1) is 11.7 Å². The van der Waals surface area contributed by atoms with E-state index in [2.05, 4.69) is 44.3 Å². The van der Waals surface area contributed by atoms with Gasteiger partial charge in [-0.2, -0.15) is 0 Å². The molecule has 5 heterocycles. The number of aromatic hydroxyl groups is 1. The number of nitrogens with zero attached hydrogens (tertiary/aromatic N) is 4. The molecule has 0 unspecified atom stereocenters. The van der Waals surface area contributed by atoms with Gasteiger partial charge in [0.15, 0.2) is 0 Å². The molecule has 10 nitrogen and oxygen atoms in total. The molecule has 0 spiro atoms. The van der Waals surface area contributed by atoms with Gasteiger partial charge in [0, 0.05) is 99.2 Å². The van der Waals surface area contributed by atoms with Crippen LogP contribution >= 0.6 is 0 Å². The number of hydrogen-bond donors (Lipinski definition) is 2. The Morgan fingerprint density at radius 2 is 1.51 bits per heavy atom. The Labute approximate surface area is 320 Å². The summed E-state index contributed by atoms with van der Waals surface area (Å²) in [6.07, 6.45) is 2.72. The van der Waals surface area contributed by atoms with Crippen LogP contribution in [-0.2, 0) is 16.1 Å². The third-order valence-corrected chi connectivity index (χ3v) is 12.4. The van der Waals surface area contributed by atoms with E-state index in [1.54, 1.807) is 23.1 Å². The van der Waals surface area contributed by atoms with Crippen molar-refractivity contribution in [3.05, 3.63) is 119 Å². The van der Waals surface area contributed by atoms with E-state index in [9.17, 15) is 19.5 Å². The third-order valence-electron chi connectivity index (χ3n) is 12.4. The van der Waals surface area contributed by atoms with Crippen molar-refractivity contribution in [1.82, 2.24) is 15.1 Å². The van der Waals surface area contributed by atoms with E-state index >= 15 is 4.39 Å². The number of phenolic OH excluding ortho intramolecular Hbond substituents is 1. The highest BCUT2D eigenvalue weighted by atomic mass is 19.1. The zero-order chi connectivity index (χ0) is 37.6. The number of carbonyl (C=O) groups excluding carboxylic acids is 3. The third kappa shape index (κ3) is 6.90. The highest BCUT2D eigenvalue weighted by molar-refractivity contribution is 6.05. The Bertz CT molecular complexity index is 2110. The van der Waals surface area contributed by atoms with E-state index in [-0.39, 0.29) is 47.5 Å². The van der Waals surface area contributed by atoms with Gasteiger partial charge in [0.05, 0.1) is 6.61 Å². The SMILES string of the molecule is O=C1CC[C@H](N2Cc3cc(N4CCN(CC5CCN(c6ccc([C@@H]7c8ccc(O)cc8OC[C@@H]7c7ccccc7)c(F)c6)CC5)CC4)ccc3C2=O)C(=O)N1. The highest BCUT2D eigenvalue weighted by Gasteiger charge is 2.40. The number of phenols is 1. The summed E-state index contributed by atoms with van der Waals surface area (Å²) in [5.74, 6) is -0.0165.